The van der Waals surface area contributed by atoms with Gasteiger partial charge in [-0.3, -0.25) is 0 Å². The molecule has 2 heteroatoms. The van der Waals surface area contributed by atoms with Crippen molar-refractivity contribution < 1.29 is 4.74 Å². The fraction of sp³-hybridized carbons (Fsp3) is 0.647. The smallest absolute Gasteiger partial charge is 0.0770 e. The zero-order chi connectivity index (χ0) is 13.7. The highest BCUT2D eigenvalue weighted by molar-refractivity contribution is 5.32. The van der Waals surface area contributed by atoms with Crippen LogP contribution in [0.1, 0.15) is 50.8 Å². The minimum atomic E-state index is 0.311. The quantitative estimate of drug-likeness (QED) is 0.816. The van der Waals surface area contributed by atoms with Gasteiger partial charge in [-0.25, -0.2) is 0 Å². The topological polar surface area (TPSA) is 21.3 Å². The summed E-state index contributed by atoms with van der Waals surface area (Å²) in [6, 6.07) is 9.18. The molecule has 0 spiro atoms. The molecule has 0 aliphatic heterocycles. The Balaban J connectivity index is 2.19. The first-order valence-electron chi connectivity index (χ1n) is 7.65. The van der Waals surface area contributed by atoms with E-state index in [-0.39, 0.29) is 0 Å². The number of benzene rings is 1. The predicted molar refractivity (Wildman–Crippen MR) is 80.4 cm³/mol. The van der Waals surface area contributed by atoms with Crippen LogP contribution in [0.5, 0.6) is 0 Å². The third-order valence-electron chi connectivity index (χ3n) is 3.76. The van der Waals surface area contributed by atoms with Crippen molar-refractivity contribution in [3.05, 3.63) is 35.4 Å². The molecular weight excluding hydrogens is 234 g/mol. The Morgan fingerprint density at radius 3 is 2.84 bits per heavy atom. The first kappa shape index (κ1) is 14.5. The molecule has 1 aromatic carbocycles. The SMILES string of the molecule is CCNC1c2ccccc2CCCC1OCC(C)C. The Bertz CT molecular complexity index is 389. The Labute approximate surface area is 117 Å². The van der Waals surface area contributed by atoms with Crippen molar-refractivity contribution in [3.8, 4) is 0 Å². The average molecular weight is 261 g/mol. The first-order chi connectivity index (χ1) is 9.22. The van der Waals surface area contributed by atoms with E-state index in [2.05, 4.69) is 50.4 Å². The minimum absolute atomic E-state index is 0.311. The molecule has 0 fully saturated rings. The summed E-state index contributed by atoms with van der Waals surface area (Å²) in [5.41, 5.74) is 2.93. The lowest BCUT2D eigenvalue weighted by atomic mass is 9.97. The lowest BCUT2D eigenvalue weighted by Gasteiger charge is -2.28. The van der Waals surface area contributed by atoms with Gasteiger partial charge in [0.05, 0.1) is 12.1 Å². The van der Waals surface area contributed by atoms with Crippen molar-refractivity contribution in [2.24, 2.45) is 5.92 Å². The van der Waals surface area contributed by atoms with Gasteiger partial charge in [-0.05, 0) is 42.9 Å². The molecule has 0 aromatic heterocycles. The lowest BCUT2D eigenvalue weighted by molar-refractivity contribution is 0.00696. The molecule has 1 aliphatic rings. The average Bonchev–Trinajstić information content (AvgIpc) is 2.57. The van der Waals surface area contributed by atoms with Crippen LogP contribution in [0.25, 0.3) is 0 Å². The molecule has 1 N–H and O–H groups in total. The first-order valence-corrected chi connectivity index (χ1v) is 7.65. The van der Waals surface area contributed by atoms with Gasteiger partial charge in [0.1, 0.15) is 0 Å². The van der Waals surface area contributed by atoms with E-state index in [0.29, 0.717) is 18.1 Å². The van der Waals surface area contributed by atoms with Crippen molar-refractivity contribution in [1.29, 1.82) is 0 Å². The highest BCUT2D eigenvalue weighted by Crippen LogP contribution is 2.31. The van der Waals surface area contributed by atoms with Gasteiger partial charge in [-0.2, -0.15) is 0 Å². The number of fused-ring (bicyclic) bond motifs is 1. The number of ether oxygens (including phenoxy) is 1. The summed E-state index contributed by atoms with van der Waals surface area (Å²) >= 11 is 0. The molecule has 19 heavy (non-hydrogen) atoms. The largest absolute Gasteiger partial charge is 0.376 e. The Morgan fingerprint density at radius 1 is 1.32 bits per heavy atom. The fourth-order valence-electron chi connectivity index (χ4n) is 2.88. The van der Waals surface area contributed by atoms with Gasteiger partial charge >= 0.3 is 0 Å². The Hall–Kier alpha value is -0.860. The van der Waals surface area contributed by atoms with Crippen LogP contribution in [-0.2, 0) is 11.2 Å². The number of rotatable bonds is 5. The van der Waals surface area contributed by atoms with Crippen LogP contribution in [0.3, 0.4) is 0 Å². The lowest BCUT2D eigenvalue weighted by Crippen LogP contribution is -2.34. The molecule has 106 valence electrons. The van der Waals surface area contributed by atoms with Gasteiger partial charge < -0.3 is 10.1 Å². The Morgan fingerprint density at radius 2 is 2.11 bits per heavy atom. The maximum atomic E-state index is 6.18. The van der Waals surface area contributed by atoms with E-state index in [9.17, 15) is 0 Å². The van der Waals surface area contributed by atoms with Gasteiger partial charge in [-0.15, -0.1) is 0 Å². The normalized spacial score (nSPS) is 23.2. The van der Waals surface area contributed by atoms with Crippen molar-refractivity contribution >= 4 is 0 Å². The zero-order valence-electron chi connectivity index (χ0n) is 12.5. The third-order valence-corrected chi connectivity index (χ3v) is 3.76. The number of hydrogen-bond acceptors (Lipinski definition) is 2. The van der Waals surface area contributed by atoms with Crippen LogP contribution in [0.4, 0.5) is 0 Å². The van der Waals surface area contributed by atoms with Crippen LogP contribution in [0.15, 0.2) is 24.3 Å². The van der Waals surface area contributed by atoms with Crippen LogP contribution in [0.2, 0.25) is 0 Å². The van der Waals surface area contributed by atoms with E-state index in [1.165, 1.54) is 24.0 Å². The number of aryl methyl sites for hydroxylation is 1. The minimum Gasteiger partial charge on any atom is -0.376 e. The summed E-state index contributed by atoms with van der Waals surface area (Å²) in [6.07, 6.45) is 3.87. The summed E-state index contributed by atoms with van der Waals surface area (Å²) in [4.78, 5) is 0. The molecular formula is C17H27NO. The highest BCUT2D eigenvalue weighted by atomic mass is 16.5. The van der Waals surface area contributed by atoms with Crippen LogP contribution in [-0.4, -0.2) is 19.3 Å². The maximum absolute atomic E-state index is 6.18. The third kappa shape index (κ3) is 3.80. The monoisotopic (exact) mass is 261 g/mol. The second-order valence-electron chi connectivity index (χ2n) is 5.89. The summed E-state index contributed by atoms with van der Waals surface area (Å²) in [5, 5.41) is 3.63. The highest BCUT2D eigenvalue weighted by Gasteiger charge is 2.27. The van der Waals surface area contributed by atoms with E-state index in [1.807, 2.05) is 0 Å². The summed E-state index contributed by atoms with van der Waals surface area (Å²) in [6.45, 7) is 8.45. The van der Waals surface area contributed by atoms with Crippen LogP contribution >= 0.6 is 0 Å². The van der Waals surface area contributed by atoms with E-state index in [4.69, 9.17) is 4.74 Å². The molecule has 2 rings (SSSR count). The van der Waals surface area contributed by atoms with E-state index >= 15 is 0 Å². The molecule has 0 radical (unpaired) electrons. The summed E-state index contributed by atoms with van der Waals surface area (Å²) in [7, 11) is 0. The second kappa shape index (κ2) is 7.06. The zero-order valence-corrected chi connectivity index (χ0v) is 12.5. The molecule has 0 bridgehead atoms. The molecule has 0 heterocycles. The van der Waals surface area contributed by atoms with Crippen molar-refractivity contribution in [1.82, 2.24) is 5.32 Å². The van der Waals surface area contributed by atoms with Gasteiger partial charge in [0, 0.05) is 6.61 Å². The van der Waals surface area contributed by atoms with Gasteiger partial charge in [-0.1, -0.05) is 45.0 Å². The fourth-order valence-corrected chi connectivity index (χ4v) is 2.88. The Kier molecular flexibility index (Phi) is 5.41. The van der Waals surface area contributed by atoms with Crippen LogP contribution in [0, 0.1) is 5.92 Å². The number of likely N-dealkylation sites (N-methyl/N-ethyl adjacent to an activating group) is 1. The molecule has 0 saturated heterocycles. The molecule has 2 unspecified atom stereocenters. The van der Waals surface area contributed by atoms with Gasteiger partial charge in [0.2, 0.25) is 0 Å². The van der Waals surface area contributed by atoms with Gasteiger partial charge in [0.15, 0.2) is 0 Å². The molecule has 1 aromatic rings. The maximum Gasteiger partial charge on any atom is 0.0770 e. The number of hydrogen-bond donors (Lipinski definition) is 1. The predicted octanol–water partition coefficient (Wildman–Crippen LogP) is 3.71. The van der Waals surface area contributed by atoms with Crippen LogP contribution < -0.4 is 5.32 Å². The van der Waals surface area contributed by atoms with E-state index < -0.39 is 0 Å². The van der Waals surface area contributed by atoms with Crippen molar-refractivity contribution in [2.75, 3.05) is 13.2 Å². The number of nitrogens with one attached hydrogen (secondary N) is 1. The van der Waals surface area contributed by atoms with Gasteiger partial charge in [0.25, 0.3) is 0 Å². The molecule has 2 nitrogen and oxygen atoms in total. The second-order valence-corrected chi connectivity index (χ2v) is 5.89. The summed E-state index contributed by atoms with van der Waals surface area (Å²) in [5.74, 6) is 0.598. The summed E-state index contributed by atoms with van der Waals surface area (Å²) < 4.78 is 6.18. The van der Waals surface area contributed by atoms with Crippen molar-refractivity contribution in [3.63, 3.8) is 0 Å². The van der Waals surface area contributed by atoms with E-state index in [0.717, 1.165) is 19.6 Å². The van der Waals surface area contributed by atoms with E-state index in [1.54, 1.807) is 0 Å². The molecule has 0 amide bonds. The molecule has 2 atom stereocenters. The molecule has 0 saturated carbocycles. The standard InChI is InChI=1S/C17H27NO/c1-4-18-17-15-10-6-5-8-14(15)9-7-11-16(17)19-12-13(2)3/h5-6,8,10,13,16-18H,4,7,9,11-12H2,1-3H3. The molecule has 1 aliphatic carbocycles. The van der Waals surface area contributed by atoms with Crippen molar-refractivity contribution in [2.45, 2.75) is 52.2 Å².